The molecule has 0 aliphatic rings. The van der Waals surface area contributed by atoms with Gasteiger partial charge in [0.2, 0.25) is 0 Å². The summed E-state index contributed by atoms with van der Waals surface area (Å²) in [7, 11) is 1.12. The number of nitrogens with zero attached hydrogens (tertiary/aromatic N) is 2. The Morgan fingerprint density at radius 2 is 2.06 bits per heavy atom. The van der Waals surface area contributed by atoms with Crippen LogP contribution in [0, 0.1) is 10.1 Å². The lowest BCUT2D eigenvalue weighted by molar-refractivity contribution is -0.384. The highest BCUT2D eigenvalue weighted by molar-refractivity contribution is 5.64. The Hall–Kier alpha value is -1.83. The van der Waals surface area contributed by atoms with E-state index in [2.05, 4.69) is 0 Å². The fraction of sp³-hybridized carbons (Fsp3) is 0.400. The molecule has 1 aromatic carbocycles. The Bertz CT molecular complexity index is 448. The van der Waals surface area contributed by atoms with Gasteiger partial charge in [-0.05, 0) is 11.6 Å². The van der Waals surface area contributed by atoms with Crippen molar-refractivity contribution < 1.29 is 23.2 Å². The number of hydrogen-bond donors (Lipinski definition) is 1. The van der Waals surface area contributed by atoms with Gasteiger partial charge in [0.05, 0.1) is 11.5 Å². The summed E-state index contributed by atoms with van der Waals surface area (Å²) in [6.45, 7) is -1.70. The van der Waals surface area contributed by atoms with Gasteiger partial charge in [-0.15, -0.1) is 0 Å². The topological polar surface area (TPSA) is 66.6 Å². The van der Waals surface area contributed by atoms with Crippen LogP contribution in [0.25, 0.3) is 0 Å². The van der Waals surface area contributed by atoms with E-state index in [9.17, 15) is 23.3 Å². The molecule has 0 aliphatic carbocycles. The van der Waals surface area contributed by atoms with E-state index >= 15 is 0 Å². The minimum absolute atomic E-state index is 0.144. The Morgan fingerprint density at radius 3 is 2.50 bits per heavy atom. The average Bonchev–Trinajstić information content (AvgIpc) is 2.25. The van der Waals surface area contributed by atoms with Crippen LogP contribution in [0.2, 0.25) is 0 Å². The number of nitro groups is 1. The molecule has 0 aliphatic heterocycles. The van der Waals surface area contributed by atoms with E-state index < -0.39 is 29.9 Å². The second kappa shape index (κ2) is 5.21. The maximum Gasteiger partial charge on any atom is 0.405 e. The molecule has 1 N–H and O–H groups in total. The molecule has 5 nitrogen and oxygen atoms in total. The lowest BCUT2D eigenvalue weighted by atomic mass is 10.1. The quantitative estimate of drug-likeness (QED) is 0.668. The predicted molar refractivity (Wildman–Crippen MR) is 58.3 cm³/mol. The molecule has 0 aromatic heterocycles. The first-order valence-electron chi connectivity index (χ1n) is 4.90. The molecule has 0 unspecified atom stereocenters. The summed E-state index contributed by atoms with van der Waals surface area (Å²) in [6.07, 6.45) is -4.45. The molecule has 8 heteroatoms. The number of aliphatic hydroxyl groups excluding tert-OH is 1. The summed E-state index contributed by atoms with van der Waals surface area (Å²) < 4.78 is 36.7. The highest BCUT2D eigenvalue weighted by atomic mass is 19.4. The van der Waals surface area contributed by atoms with Crippen LogP contribution in [-0.2, 0) is 6.61 Å². The highest BCUT2D eigenvalue weighted by Gasteiger charge is 2.31. The van der Waals surface area contributed by atoms with E-state index in [-0.39, 0.29) is 11.3 Å². The molecular weight excluding hydrogens is 253 g/mol. The number of aliphatic hydroxyl groups is 1. The minimum Gasteiger partial charge on any atom is -0.392 e. The lowest BCUT2D eigenvalue weighted by Gasteiger charge is -2.20. The van der Waals surface area contributed by atoms with Gasteiger partial charge in [-0.25, -0.2) is 0 Å². The summed E-state index contributed by atoms with van der Waals surface area (Å²) in [6, 6.07) is 3.59. The van der Waals surface area contributed by atoms with E-state index in [1.807, 2.05) is 0 Å². The maximum absolute atomic E-state index is 12.2. The maximum atomic E-state index is 12.2. The first kappa shape index (κ1) is 14.2. The molecule has 0 heterocycles. The van der Waals surface area contributed by atoms with Gasteiger partial charge >= 0.3 is 6.18 Å². The third kappa shape index (κ3) is 3.59. The molecule has 0 radical (unpaired) electrons. The highest BCUT2D eigenvalue weighted by Crippen LogP contribution is 2.30. The summed E-state index contributed by atoms with van der Waals surface area (Å²) in [5.74, 6) is 0. The number of nitro benzene ring substituents is 1. The van der Waals surface area contributed by atoms with E-state index in [0.29, 0.717) is 0 Å². The fourth-order valence-electron chi connectivity index (χ4n) is 1.49. The monoisotopic (exact) mass is 264 g/mol. The van der Waals surface area contributed by atoms with E-state index in [0.717, 1.165) is 18.0 Å². The van der Waals surface area contributed by atoms with Crippen LogP contribution in [0.15, 0.2) is 18.2 Å². The van der Waals surface area contributed by atoms with Crippen LogP contribution in [0.3, 0.4) is 0 Å². The van der Waals surface area contributed by atoms with Gasteiger partial charge < -0.3 is 10.0 Å². The number of anilines is 1. The summed E-state index contributed by atoms with van der Waals surface area (Å²) >= 11 is 0. The van der Waals surface area contributed by atoms with E-state index in [4.69, 9.17) is 5.11 Å². The fourth-order valence-corrected chi connectivity index (χ4v) is 1.49. The van der Waals surface area contributed by atoms with Crippen LogP contribution >= 0.6 is 0 Å². The van der Waals surface area contributed by atoms with E-state index in [1.54, 1.807) is 0 Å². The number of rotatable bonds is 4. The largest absolute Gasteiger partial charge is 0.405 e. The second-order valence-electron chi connectivity index (χ2n) is 3.71. The Morgan fingerprint density at radius 1 is 1.44 bits per heavy atom. The van der Waals surface area contributed by atoms with Gasteiger partial charge in [0.25, 0.3) is 5.69 Å². The predicted octanol–water partition coefficient (Wildman–Crippen LogP) is 2.09. The zero-order chi connectivity index (χ0) is 13.9. The van der Waals surface area contributed by atoms with Crippen LogP contribution < -0.4 is 4.90 Å². The SMILES string of the molecule is CN(CC(F)(F)F)c1ccc(CO)cc1[N+](=O)[O-]. The van der Waals surface area contributed by atoms with Gasteiger partial charge in [0.15, 0.2) is 0 Å². The zero-order valence-electron chi connectivity index (χ0n) is 9.44. The van der Waals surface area contributed by atoms with Gasteiger partial charge in [0, 0.05) is 13.1 Å². The molecule has 18 heavy (non-hydrogen) atoms. The number of halogens is 3. The Balaban J connectivity index is 3.11. The Kier molecular flexibility index (Phi) is 4.12. The number of benzene rings is 1. The molecule has 100 valence electrons. The van der Waals surface area contributed by atoms with E-state index in [1.165, 1.54) is 12.1 Å². The Labute approximate surface area is 101 Å². The molecule has 0 bridgehead atoms. The molecule has 1 aromatic rings. The van der Waals surface area contributed by atoms with Gasteiger partial charge in [-0.3, -0.25) is 10.1 Å². The summed E-state index contributed by atoms with van der Waals surface area (Å²) in [5, 5.41) is 19.6. The van der Waals surface area contributed by atoms with Crippen LogP contribution in [0.4, 0.5) is 24.5 Å². The van der Waals surface area contributed by atoms with Crippen molar-refractivity contribution in [2.45, 2.75) is 12.8 Å². The molecule has 0 atom stereocenters. The normalized spacial score (nSPS) is 11.4. The van der Waals surface area contributed by atoms with Crippen molar-refractivity contribution in [1.29, 1.82) is 0 Å². The van der Waals surface area contributed by atoms with Crippen molar-refractivity contribution in [3.63, 3.8) is 0 Å². The van der Waals surface area contributed by atoms with Crippen LogP contribution in [0.5, 0.6) is 0 Å². The third-order valence-corrected chi connectivity index (χ3v) is 2.25. The molecule has 0 saturated heterocycles. The lowest BCUT2D eigenvalue weighted by Crippen LogP contribution is -2.31. The van der Waals surface area contributed by atoms with Crippen LogP contribution in [-0.4, -0.2) is 29.8 Å². The van der Waals surface area contributed by atoms with Crippen molar-refractivity contribution in [2.24, 2.45) is 0 Å². The number of hydrogen-bond acceptors (Lipinski definition) is 4. The van der Waals surface area contributed by atoms with Crippen molar-refractivity contribution in [1.82, 2.24) is 0 Å². The molecule has 0 amide bonds. The first-order chi connectivity index (χ1) is 8.24. The van der Waals surface area contributed by atoms with Gasteiger partial charge in [0.1, 0.15) is 12.2 Å². The van der Waals surface area contributed by atoms with Crippen molar-refractivity contribution in [3.05, 3.63) is 33.9 Å². The van der Waals surface area contributed by atoms with Gasteiger partial charge in [-0.1, -0.05) is 6.07 Å². The zero-order valence-corrected chi connectivity index (χ0v) is 9.44. The molecular formula is C10H11F3N2O3. The smallest absolute Gasteiger partial charge is 0.392 e. The standard InChI is InChI=1S/C10H11F3N2O3/c1-14(6-10(11,12)13)8-3-2-7(5-16)4-9(8)15(17)18/h2-4,16H,5-6H2,1H3. The average molecular weight is 264 g/mol. The molecule has 0 saturated carbocycles. The van der Waals surface area contributed by atoms with Crippen molar-refractivity contribution in [3.8, 4) is 0 Å². The van der Waals surface area contributed by atoms with Crippen molar-refractivity contribution in [2.75, 3.05) is 18.5 Å². The van der Waals surface area contributed by atoms with Crippen molar-refractivity contribution >= 4 is 11.4 Å². The molecule has 0 fully saturated rings. The molecule has 1 rings (SSSR count). The van der Waals surface area contributed by atoms with Gasteiger partial charge in [-0.2, -0.15) is 13.2 Å². The summed E-state index contributed by atoms with van der Waals surface area (Å²) in [5.41, 5.74) is -0.339. The molecule has 0 spiro atoms. The summed E-state index contributed by atoms with van der Waals surface area (Å²) in [4.78, 5) is 10.7. The minimum atomic E-state index is -4.45. The first-order valence-corrected chi connectivity index (χ1v) is 4.90. The third-order valence-electron chi connectivity index (χ3n) is 2.25. The second-order valence-corrected chi connectivity index (χ2v) is 3.71. The number of alkyl halides is 3. The van der Waals surface area contributed by atoms with Crippen LogP contribution in [0.1, 0.15) is 5.56 Å².